The molecule has 0 spiro atoms. The molecule has 0 aliphatic carbocycles. The van der Waals surface area contributed by atoms with Crippen LogP contribution in [0.3, 0.4) is 0 Å². The summed E-state index contributed by atoms with van der Waals surface area (Å²) in [6.07, 6.45) is 1.23. The molecule has 7 heteroatoms. The molecular formula is C19H21ClN2O4. The van der Waals surface area contributed by atoms with Crippen LogP contribution in [-0.4, -0.2) is 23.0 Å². The number of rotatable bonds is 5. The molecule has 1 aromatic heterocycles. The van der Waals surface area contributed by atoms with Gasteiger partial charge in [0.15, 0.2) is 6.29 Å². The number of anilines is 1. The molecular weight excluding hydrogens is 356 g/mol. The summed E-state index contributed by atoms with van der Waals surface area (Å²) < 4.78 is 11.1. The minimum absolute atomic E-state index is 0.221. The number of benzene rings is 1. The van der Waals surface area contributed by atoms with Crippen LogP contribution in [0.4, 0.5) is 10.5 Å². The normalized spacial score (nSPS) is 12.2. The van der Waals surface area contributed by atoms with Gasteiger partial charge in [0.05, 0.1) is 16.4 Å². The SMILES string of the molecule is C[C@@H](Oc1cc(NC(=O)OC(C)(C)C)c(C=O)cc1Cl)c1ccccn1. The lowest BCUT2D eigenvalue weighted by atomic mass is 10.1. The Hall–Kier alpha value is -2.60. The highest BCUT2D eigenvalue weighted by molar-refractivity contribution is 6.32. The molecule has 6 nitrogen and oxygen atoms in total. The van der Waals surface area contributed by atoms with Crippen molar-refractivity contribution in [1.29, 1.82) is 0 Å². The van der Waals surface area contributed by atoms with Gasteiger partial charge in [0.1, 0.15) is 17.5 Å². The lowest BCUT2D eigenvalue weighted by Crippen LogP contribution is -2.27. The molecule has 26 heavy (non-hydrogen) atoms. The van der Waals surface area contributed by atoms with Gasteiger partial charge in [0.25, 0.3) is 0 Å². The van der Waals surface area contributed by atoms with Crippen molar-refractivity contribution in [3.8, 4) is 5.75 Å². The van der Waals surface area contributed by atoms with E-state index in [1.54, 1.807) is 27.0 Å². The summed E-state index contributed by atoms with van der Waals surface area (Å²) in [5, 5.41) is 2.81. The molecule has 1 atom stereocenters. The monoisotopic (exact) mass is 376 g/mol. The quantitative estimate of drug-likeness (QED) is 0.740. The Morgan fingerprint density at radius 1 is 1.31 bits per heavy atom. The van der Waals surface area contributed by atoms with Gasteiger partial charge in [-0.05, 0) is 45.9 Å². The summed E-state index contributed by atoms with van der Waals surface area (Å²) in [7, 11) is 0. The van der Waals surface area contributed by atoms with Crippen LogP contribution in [0.15, 0.2) is 36.5 Å². The van der Waals surface area contributed by atoms with Crippen molar-refractivity contribution in [2.24, 2.45) is 0 Å². The number of carbonyl (C=O) groups excluding carboxylic acids is 2. The van der Waals surface area contributed by atoms with Crippen LogP contribution >= 0.6 is 11.6 Å². The van der Waals surface area contributed by atoms with E-state index in [2.05, 4.69) is 10.3 Å². The van der Waals surface area contributed by atoms with Gasteiger partial charge in [-0.3, -0.25) is 15.1 Å². The predicted molar refractivity (Wildman–Crippen MR) is 100.0 cm³/mol. The number of hydrogen-bond acceptors (Lipinski definition) is 5. The first kappa shape index (κ1) is 19.7. The van der Waals surface area contributed by atoms with Crippen LogP contribution < -0.4 is 10.1 Å². The van der Waals surface area contributed by atoms with Gasteiger partial charge >= 0.3 is 6.09 Å². The Morgan fingerprint density at radius 3 is 2.62 bits per heavy atom. The summed E-state index contributed by atoms with van der Waals surface area (Å²) in [5.74, 6) is 0.321. The molecule has 1 heterocycles. The average Bonchev–Trinajstić information content (AvgIpc) is 2.56. The number of aldehydes is 1. The van der Waals surface area contributed by atoms with Crippen LogP contribution in [0.1, 0.15) is 49.9 Å². The van der Waals surface area contributed by atoms with Crippen LogP contribution in [0.25, 0.3) is 0 Å². The number of hydrogen-bond donors (Lipinski definition) is 1. The Morgan fingerprint density at radius 2 is 2.04 bits per heavy atom. The third-order valence-corrected chi connectivity index (χ3v) is 3.57. The lowest BCUT2D eigenvalue weighted by Gasteiger charge is -2.21. The van der Waals surface area contributed by atoms with Crippen LogP contribution in [0, 0.1) is 0 Å². The fourth-order valence-corrected chi connectivity index (χ4v) is 2.36. The summed E-state index contributed by atoms with van der Waals surface area (Å²) in [4.78, 5) is 27.5. The molecule has 0 aliphatic heterocycles. The first-order valence-corrected chi connectivity index (χ1v) is 8.43. The second-order valence-corrected chi connectivity index (χ2v) is 7.04. The molecule has 138 valence electrons. The molecule has 1 amide bonds. The summed E-state index contributed by atoms with van der Waals surface area (Å²) >= 11 is 6.21. The molecule has 2 rings (SSSR count). The number of nitrogens with one attached hydrogen (secondary N) is 1. The summed E-state index contributed by atoms with van der Waals surface area (Å²) in [6, 6.07) is 8.43. The summed E-state index contributed by atoms with van der Waals surface area (Å²) in [5.41, 5.74) is 0.537. The standard InChI is InChI=1S/C19H21ClN2O4/c1-12(15-7-5-6-8-21-15)25-17-10-16(13(11-23)9-14(17)20)22-18(24)26-19(2,3)4/h5-12H,1-4H3,(H,22,24)/t12-/m1/s1. The third-order valence-electron chi connectivity index (χ3n) is 3.27. The van der Waals surface area contributed by atoms with Crippen molar-refractivity contribution in [1.82, 2.24) is 4.98 Å². The Bertz CT molecular complexity index is 788. The minimum Gasteiger partial charge on any atom is -0.483 e. The number of nitrogens with zero attached hydrogens (tertiary/aromatic N) is 1. The molecule has 0 aliphatic rings. The highest BCUT2D eigenvalue weighted by Gasteiger charge is 2.19. The minimum atomic E-state index is -0.674. The van der Waals surface area contributed by atoms with Gasteiger partial charge in [0.2, 0.25) is 0 Å². The molecule has 0 radical (unpaired) electrons. The van der Waals surface area contributed by atoms with Crippen molar-refractivity contribution in [3.05, 3.63) is 52.8 Å². The zero-order valence-electron chi connectivity index (χ0n) is 15.1. The van der Waals surface area contributed by atoms with Gasteiger partial charge in [-0.1, -0.05) is 17.7 Å². The molecule has 1 aromatic carbocycles. The van der Waals surface area contributed by atoms with E-state index < -0.39 is 11.7 Å². The zero-order chi connectivity index (χ0) is 19.3. The second kappa shape index (κ2) is 8.19. The van der Waals surface area contributed by atoms with Crippen LogP contribution in [0.2, 0.25) is 5.02 Å². The van der Waals surface area contributed by atoms with Gasteiger partial charge < -0.3 is 9.47 Å². The van der Waals surface area contributed by atoms with Gasteiger partial charge in [0, 0.05) is 17.8 Å². The predicted octanol–water partition coefficient (Wildman–Crippen LogP) is 5.03. The molecule has 0 saturated carbocycles. The van der Waals surface area contributed by atoms with E-state index in [1.165, 1.54) is 12.1 Å². The zero-order valence-corrected chi connectivity index (χ0v) is 15.8. The van der Waals surface area contributed by atoms with Crippen molar-refractivity contribution in [2.45, 2.75) is 39.4 Å². The van der Waals surface area contributed by atoms with E-state index in [0.717, 1.165) is 5.69 Å². The first-order chi connectivity index (χ1) is 12.2. The number of aromatic nitrogens is 1. The molecule has 2 aromatic rings. The van der Waals surface area contributed by atoms with E-state index in [-0.39, 0.29) is 22.4 Å². The van der Waals surface area contributed by atoms with E-state index in [0.29, 0.717) is 12.0 Å². The highest BCUT2D eigenvalue weighted by Crippen LogP contribution is 2.33. The average molecular weight is 377 g/mol. The Labute approximate surface area is 157 Å². The fraction of sp³-hybridized carbons (Fsp3) is 0.316. The molecule has 0 saturated heterocycles. The summed E-state index contributed by atoms with van der Waals surface area (Å²) in [6.45, 7) is 7.07. The first-order valence-electron chi connectivity index (χ1n) is 8.06. The number of ether oxygens (including phenoxy) is 2. The van der Waals surface area contributed by atoms with Crippen molar-refractivity contribution >= 4 is 29.7 Å². The Balaban J connectivity index is 2.25. The van der Waals surface area contributed by atoms with E-state index in [1.807, 2.05) is 25.1 Å². The largest absolute Gasteiger partial charge is 0.483 e. The number of halogens is 1. The topological polar surface area (TPSA) is 77.5 Å². The number of amides is 1. The molecule has 0 bridgehead atoms. The second-order valence-electron chi connectivity index (χ2n) is 6.63. The van der Waals surface area contributed by atoms with Crippen LogP contribution in [0.5, 0.6) is 5.75 Å². The highest BCUT2D eigenvalue weighted by atomic mass is 35.5. The van der Waals surface area contributed by atoms with Gasteiger partial charge in [-0.15, -0.1) is 0 Å². The third kappa shape index (κ3) is 5.46. The van der Waals surface area contributed by atoms with E-state index in [9.17, 15) is 9.59 Å². The number of pyridine rings is 1. The lowest BCUT2D eigenvalue weighted by molar-refractivity contribution is 0.0636. The van der Waals surface area contributed by atoms with Crippen LogP contribution in [-0.2, 0) is 4.74 Å². The van der Waals surface area contributed by atoms with Gasteiger partial charge in [-0.25, -0.2) is 4.79 Å². The maximum Gasteiger partial charge on any atom is 0.412 e. The fourth-order valence-electron chi connectivity index (χ4n) is 2.15. The van der Waals surface area contributed by atoms with E-state index in [4.69, 9.17) is 21.1 Å². The molecule has 0 unspecified atom stereocenters. The van der Waals surface area contributed by atoms with Crippen molar-refractivity contribution < 1.29 is 19.1 Å². The van der Waals surface area contributed by atoms with Gasteiger partial charge in [-0.2, -0.15) is 0 Å². The number of carbonyl (C=O) groups is 2. The Kier molecular flexibility index (Phi) is 6.21. The maximum absolute atomic E-state index is 12.0. The molecule has 0 fully saturated rings. The van der Waals surface area contributed by atoms with Crippen molar-refractivity contribution in [3.63, 3.8) is 0 Å². The molecule has 1 N–H and O–H groups in total. The van der Waals surface area contributed by atoms with Crippen molar-refractivity contribution in [2.75, 3.05) is 5.32 Å². The maximum atomic E-state index is 12.0. The van der Waals surface area contributed by atoms with E-state index >= 15 is 0 Å². The smallest absolute Gasteiger partial charge is 0.412 e.